The maximum absolute atomic E-state index is 9.52. The van der Waals surface area contributed by atoms with Crippen molar-refractivity contribution in [2.45, 2.75) is 116 Å². The molecule has 0 aliphatic heterocycles. The molecule has 0 rings (SSSR count). The van der Waals surface area contributed by atoms with Gasteiger partial charge in [-0.25, -0.2) is 0 Å². The molecule has 4 heteroatoms. The van der Waals surface area contributed by atoms with E-state index in [1.807, 2.05) is 4.90 Å². The summed E-state index contributed by atoms with van der Waals surface area (Å²) in [5.74, 6) is 0. The molecule has 0 aromatic heterocycles. The Kier molecular flexibility index (Phi) is 22.0. The van der Waals surface area contributed by atoms with Gasteiger partial charge in [-0.05, 0) is 13.0 Å². The molecular formula is C23H49NO3. The van der Waals surface area contributed by atoms with Crippen LogP contribution in [0.1, 0.15) is 110 Å². The van der Waals surface area contributed by atoms with E-state index < -0.39 is 6.10 Å². The van der Waals surface area contributed by atoms with Crippen molar-refractivity contribution in [1.29, 1.82) is 0 Å². The molecule has 0 bridgehead atoms. The van der Waals surface area contributed by atoms with Crippen LogP contribution < -0.4 is 0 Å². The average Bonchev–Trinajstić information content (AvgIpc) is 2.67. The first-order valence-corrected chi connectivity index (χ1v) is 11.9. The fourth-order valence-electron chi connectivity index (χ4n) is 3.68. The molecule has 0 spiro atoms. The lowest BCUT2D eigenvalue weighted by molar-refractivity contribution is 0.0530. The van der Waals surface area contributed by atoms with Crippen LogP contribution in [-0.2, 0) is 0 Å². The predicted molar refractivity (Wildman–Crippen MR) is 116 cm³/mol. The van der Waals surface area contributed by atoms with Gasteiger partial charge < -0.3 is 15.3 Å². The summed E-state index contributed by atoms with van der Waals surface area (Å²) in [6, 6.07) is 0. The van der Waals surface area contributed by atoms with Gasteiger partial charge in [0.2, 0.25) is 0 Å². The third-order valence-electron chi connectivity index (χ3n) is 5.42. The lowest BCUT2D eigenvalue weighted by Gasteiger charge is -2.23. The molecule has 0 amide bonds. The van der Waals surface area contributed by atoms with E-state index in [1.54, 1.807) is 0 Å². The van der Waals surface area contributed by atoms with Gasteiger partial charge in [0.15, 0.2) is 0 Å². The van der Waals surface area contributed by atoms with Gasteiger partial charge in [-0.15, -0.1) is 0 Å². The number of rotatable bonds is 22. The standard InChI is InChI=1S/C23H49NO3/c1-2-3-4-5-6-7-8-9-10-11-12-13-14-15-16-17-18-24(19-20-25)21-23(27)22-26/h23,25-27H,2-22H2,1H3/t23-/m0/s1. The third kappa shape index (κ3) is 20.4. The van der Waals surface area contributed by atoms with Crippen LogP contribution in [0.3, 0.4) is 0 Å². The maximum Gasteiger partial charge on any atom is 0.0897 e. The summed E-state index contributed by atoms with van der Waals surface area (Å²) in [5.41, 5.74) is 0. The van der Waals surface area contributed by atoms with Gasteiger partial charge in [-0.1, -0.05) is 103 Å². The van der Waals surface area contributed by atoms with Crippen molar-refractivity contribution < 1.29 is 15.3 Å². The minimum Gasteiger partial charge on any atom is -0.395 e. The number of aliphatic hydroxyl groups is 3. The molecule has 0 aliphatic rings. The van der Waals surface area contributed by atoms with Crippen LogP contribution >= 0.6 is 0 Å². The summed E-state index contributed by atoms with van der Waals surface area (Å²) in [5, 5.41) is 27.5. The van der Waals surface area contributed by atoms with Crippen LogP contribution in [0, 0.1) is 0 Å². The summed E-state index contributed by atoms with van der Waals surface area (Å²) < 4.78 is 0. The number of hydrogen-bond donors (Lipinski definition) is 3. The summed E-state index contributed by atoms with van der Waals surface area (Å²) in [4.78, 5) is 2.05. The maximum atomic E-state index is 9.52. The van der Waals surface area contributed by atoms with E-state index in [4.69, 9.17) is 10.2 Å². The van der Waals surface area contributed by atoms with E-state index >= 15 is 0 Å². The van der Waals surface area contributed by atoms with Crippen molar-refractivity contribution in [1.82, 2.24) is 4.90 Å². The number of aliphatic hydroxyl groups excluding tert-OH is 3. The van der Waals surface area contributed by atoms with Crippen LogP contribution in [-0.4, -0.2) is 59.2 Å². The molecule has 0 unspecified atom stereocenters. The van der Waals surface area contributed by atoms with Crippen LogP contribution in [0.15, 0.2) is 0 Å². The fourth-order valence-corrected chi connectivity index (χ4v) is 3.68. The first-order chi connectivity index (χ1) is 13.2. The molecule has 0 radical (unpaired) electrons. The quantitative estimate of drug-likeness (QED) is 0.231. The van der Waals surface area contributed by atoms with Crippen molar-refractivity contribution in [3.63, 3.8) is 0 Å². The van der Waals surface area contributed by atoms with Crippen LogP contribution in [0.4, 0.5) is 0 Å². The molecule has 0 saturated carbocycles. The highest BCUT2D eigenvalue weighted by Gasteiger charge is 2.09. The topological polar surface area (TPSA) is 63.9 Å². The molecule has 0 aromatic rings. The minimum atomic E-state index is -0.697. The summed E-state index contributed by atoms with van der Waals surface area (Å²) >= 11 is 0. The SMILES string of the molecule is CCCCCCCCCCCCCCCCCCN(CCO)C[C@H](O)CO. The number of hydrogen-bond acceptors (Lipinski definition) is 4. The second kappa shape index (κ2) is 22.1. The van der Waals surface area contributed by atoms with Crippen molar-refractivity contribution in [2.75, 3.05) is 32.8 Å². The Bertz CT molecular complexity index is 276. The van der Waals surface area contributed by atoms with E-state index in [-0.39, 0.29) is 13.2 Å². The molecule has 0 fully saturated rings. The number of nitrogens with zero attached hydrogens (tertiary/aromatic N) is 1. The van der Waals surface area contributed by atoms with Gasteiger partial charge in [-0.2, -0.15) is 0 Å². The zero-order valence-electron chi connectivity index (χ0n) is 18.2. The first kappa shape index (κ1) is 26.8. The van der Waals surface area contributed by atoms with Gasteiger partial charge in [0.05, 0.1) is 19.3 Å². The average molecular weight is 388 g/mol. The lowest BCUT2D eigenvalue weighted by Crippen LogP contribution is -2.36. The van der Waals surface area contributed by atoms with E-state index in [0.29, 0.717) is 13.1 Å². The number of unbranched alkanes of at least 4 members (excludes halogenated alkanes) is 15. The minimum absolute atomic E-state index is 0.108. The summed E-state index contributed by atoms with van der Waals surface area (Å²) in [7, 11) is 0. The Balaban J connectivity index is 3.27. The monoisotopic (exact) mass is 387 g/mol. The normalized spacial score (nSPS) is 12.8. The van der Waals surface area contributed by atoms with Gasteiger partial charge >= 0.3 is 0 Å². The second-order valence-corrected chi connectivity index (χ2v) is 8.16. The van der Waals surface area contributed by atoms with Gasteiger partial charge in [0, 0.05) is 13.1 Å². The molecule has 164 valence electrons. The van der Waals surface area contributed by atoms with Gasteiger partial charge in [-0.3, -0.25) is 4.90 Å². The highest BCUT2D eigenvalue weighted by molar-refractivity contribution is 4.64. The van der Waals surface area contributed by atoms with Crippen molar-refractivity contribution in [2.24, 2.45) is 0 Å². The zero-order valence-corrected chi connectivity index (χ0v) is 18.2. The first-order valence-electron chi connectivity index (χ1n) is 11.9. The molecule has 0 aromatic carbocycles. The molecule has 4 nitrogen and oxygen atoms in total. The molecule has 0 heterocycles. The smallest absolute Gasteiger partial charge is 0.0897 e. The van der Waals surface area contributed by atoms with Gasteiger partial charge in [0.1, 0.15) is 0 Å². The summed E-state index contributed by atoms with van der Waals surface area (Å²) in [6.45, 7) is 4.11. The van der Waals surface area contributed by atoms with Crippen molar-refractivity contribution in [3.8, 4) is 0 Å². The molecule has 27 heavy (non-hydrogen) atoms. The second-order valence-electron chi connectivity index (χ2n) is 8.16. The van der Waals surface area contributed by atoms with E-state index in [0.717, 1.165) is 13.0 Å². The Morgan fingerprint density at radius 1 is 0.593 bits per heavy atom. The zero-order chi connectivity index (χ0) is 20.0. The molecule has 1 atom stereocenters. The van der Waals surface area contributed by atoms with E-state index in [2.05, 4.69) is 6.92 Å². The largest absolute Gasteiger partial charge is 0.395 e. The Hall–Kier alpha value is -0.160. The van der Waals surface area contributed by atoms with E-state index in [1.165, 1.54) is 96.3 Å². The molecule has 0 aliphatic carbocycles. The Morgan fingerprint density at radius 2 is 1.00 bits per heavy atom. The molecule has 0 saturated heterocycles. The Morgan fingerprint density at radius 3 is 1.37 bits per heavy atom. The van der Waals surface area contributed by atoms with Crippen LogP contribution in [0.25, 0.3) is 0 Å². The van der Waals surface area contributed by atoms with Crippen LogP contribution in [0.2, 0.25) is 0 Å². The lowest BCUT2D eigenvalue weighted by atomic mass is 10.0. The van der Waals surface area contributed by atoms with Gasteiger partial charge in [0.25, 0.3) is 0 Å². The van der Waals surface area contributed by atoms with Crippen molar-refractivity contribution in [3.05, 3.63) is 0 Å². The third-order valence-corrected chi connectivity index (χ3v) is 5.42. The van der Waals surface area contributed by atoms with E-state index in [9.17, 15) is 5.11 Å². The highest BCUT2D eigenvalue weighted by Crippen LogP contribution is 2.13. The molecular weight excluding hydrogens is 338 g/mol. The molecule has 3 N–H and O–H groups in total. The fraction of sp³-hybridized carbons (Fsp3) is 1.00. The highest BCUT2D eigenvalue weighted by atomic mass is 16.3. The van der Waals surface area contributed by atoms with Crippen LogP contribution in [0.5, 0.6) is 0 Å². The predicted octanol–water partition coefficient (Wildman–Crippen LogP) is 4.90. The summed E-state index contributed by atoms with van der Waals surface area (Å²) in [6.07, 6.45) is 21.2. The Labute approximate surface area is 169 Å². The van der Waals surface area contributed by atoms with Crippen molar-refractivity contribution >= 4 is 0 Å².